The molecule has 0 aliphatic rings. The molecule has 10 heavy (non-hydrogen) atoms. The lowest BCUT2D eigenvalue weighted by molar-refractivity contribution is -0.146. The van der Waals surface area contributed by atoms with E-state index >= 15 is 0 Å². The summed E-state index contributed by atoms with van der Waals surface area (Å²) in [6.07, 6.45) is 0.833. The third-order valence-corrected chi connectivity index (χ3v) is 3.48. The van der Waals surface area contributed by atoms with Crippen LogP contribution in [0, 0.1) is 5.41 Å². The maximum absolute atomic E-state index is 10.6. The van der Waals surface area contributed by atoms with Gasteiger partial charge in [0.15, 0.2) is 0 Å². The van der Waals surface area contributed by atoms with Crippen LogP contribution in [0.25, 0.3) is 0 Å². The highest BCUT2D eigenvalue weighted by Gasteiger charge is 2.33. The van der Waals surface area contributed by atoms with E-state index in [1.807, 2.05) is 6.92 Å². The summed E-state index contributed by atoms with van der Waals surface area (Å²) in [5.41, 5.74) is -0.658. The Hall–Kier alpha value is -0.0500. The van der Waals surface area contributed by atoms with Crippen LogP contribution < -0.4 is 0 Å². The van der Waals surface area contributed by atoms with Crippen LogP contribution in [0.1, 0.15) is 27.2 Å². The Balaban J connectivity index is 4.23. The molecule has 0 unspecified atom stereocenters. The van der Waals surface area contributed by atoms with Crippen molar-refractivity contribution in [1.82, 2.24) is 0 Å². The van der Waals surface area contributed by atoms with E-state index in [9.17, 15) is 4.79 Å². The molecule has 0 aliphatic carbocycles. The molecule has 0 aromatic carbocycles. The molecule has 3 heteroatoms. The zero-order valence-corrected chi connectivity index (χ0v) is 8.10. The Kier molecular flexibility index (Phi) is 3.36. The van der Waals surface area contributed by atoms with Crippen molar-refractivity contribution in [1.29, 1.82) is 0 Å². The molecule has 0 rings (SSSR count). The average molecular weight is 209 g/mol. The van der Waals surface area contributed by atoms with Crippen molar-refractivity contribution in [3.05, 3.63) is 0 Å². The SMILES string of the molecule is CC[C@@H](Br)C(C)(C)C(=O)O. The largest absolute Gasteiger partial charge is 0.481 e. The van der Waals surface area contributed by atoms with Crippen molar-refractivity contribution in [3.63, 3.8) is 0 Å². The van der Waals surface area contributed by atoms with Gasteiger partial charge in [0.25, 0.3) is 0 Å². The average Bonchev–Trinajstić information content (AvgIpc) is 1.86. The monoisotopic (exact) mass is 208 g/mol. The Labute approximate surface area is 69.8 Å². The second-order valence-corrected chi connectivity index (χ2v) is 4.01. The number of hydrogen-bond donors (Lipinski definition) is 1. The predicted octanol–water partition coefficient (Wildman–Crippen LogP) is 2.27. The standard InChI is InChI=1S/C7H13BrO2/c1-4-5(8)7(2,3)6(9)10/h5H,4H2,1-3H3,(H,9,10)/t5-/m1/s1. The minimum atomic E-state index is -0.753. The van der Waals surface area contributed by atoms with Crippen LogP contribution in [0.15, 0.2) is 0 Å². The summed E-state index contributed by atoms with van der Waals surface area (Å²) in [5, 5.41) is 8.71. The van der Waals surface area contributed by atoms with Gasteiger partial charge in [-0.15, -0.1) is 0 Å². The lowest BCUT2D eigenvalue weighted by Gasteiger charge is -2.24. The van der Waals surface area contributed by atoms with Crippen LogP contribution in [0.4, 0.5) is 0 Å². The fourth-order valence-electron chi connectivity index (χ4n) is 0.644. The molecule has 1 N–H and O–H groups in total. The predicted molar refractivity (Wildman–Crippen MR) is 44.4 cm³/mol. The molecule has 0 aromatic heterocycles. The van der Waals surface area contributed by atoms with Gasteiger partial charge in [-0.05, 0) is 20.3 Å². The number of halogens is 1. The van der Waals surface area contributed by atoms with Gasteiger partial charge in [-0.25, -0.2) is 0 Å². The van der Waals surface area contributed by atoms with Gasteiger partial charge >= 0.3 is 5.97 Å². The Morgan fingerprint density at radius 3 is 2.20 bits per heavy atom. The van der Waals surface area contributed by atoms with E-state index in [0.29, 0.717) is 0 Å². The van der Waals surface area contributed by atoms with E-state index in [4.69, 9.17) is 5.11 Å². The van der Waals surface area contributed by atoms with Gasteiger partial charge in [0.2, 0.25) is 0 Å². The fraction of sp³-hybridized carbons (Fsp3) is 0.857. The first-order valence-corrected chi connectivity index (χ1v) is 4.22. The van der Waals surface area contributed by atoms with E-state index < -0.39 is 11.4 Å². The van der Waals surface area contributed by atoms with Crippen LogP contribution in [-0.4, -0.2) is 15.9 Å². The molecule has 2 nitrogen and oxygen atoms in total. The van der Waals surface area contributed by atoms with Gasteiger partial charge in [-0.3, -0.25) is 4.79 Å². The van der Waals surface area contributed by atoms with Crippen molar-refractivity contribution < 1.29 is 9.90 Å². The van der Waals surface area contributed by atoms with Crippen LogP contribution in [-0.2, 0) is 4.79 Å². The molecule has 0 heterocycles. The molecular formula is C7H13BrO2. The second kappa shape index (κ2) is 3.37. The Bertz CT molecular complexity index is 132. The highest BCUT2D eigenvalue weighted by atomic mass is 79.9. The Morgan fingerprint density at radius 1 is 1.70 bits per heavy atom. The summed E-state index contributed by atoms with van der Waals surface area (Å²) >= 11 is 3.32. The van der Waals surface area contributed by atoms with E-state index in [-0.39, 0.29) is 4.83 Å². The topological polar surface area (TPSA) is 37.3 Å². The normalized spacial score (nSPS) is 14.8. The van der Waals surface area contributed by atoms with E-state index in [1.165, 1.54) is 0 Å². The van der Waals surface area contributed by atoms with E-state index in [0.717, 1.165) is 6.42 Å². The zero-order valence-electron chi connectivity index (χ0n) is 6.52. The van der Waals surface area contributed by atoms with Crippen LogP contribution in [0.2, 0.25) is 0 Å². The molecule has 0 aromatic rings. The molecule has 60 valence electrons. The van der Waals surface area contributed by atoms with E-state index in [2.05, 4.69) is 15.9 Å². The summed E-state index contributed by atoms with van der Waals surface area (Å²) in [7, 11) is 0. The zero-order chi connectivity index (χ0) is 8.36. The molecule has 0 bridgehead atoms. The number of hydrogen-bond acceptors (Lipinski definition) is 1. The first-order chi connectivity index (χ1) is 4.42. The smallest absolute Gasteiger partial charge is 0.310 e. The Morgan fingerprint density at radius 2 is 2.10 bits per heavy atom. The minimum absolute atomic E-state index is 0.0532. The van der Waals surface area contributed by atoms with Gasteiger partial charge in [0, 0.05) is 4.83 Å². The highest BCUT2D eigenvalue weighted by molar-refractivity contribution is 9.09. The van der Waals surface area contributed by atoms with Gasteiger partial charge in [0.05, 0.1) is 5.41 Å². The van der Waals surface area contributed by atoms with Crippen molar-refractivity contribution in [2.75, 3.05) is 0 Å². The van der Waals surface area contributed by atoms with Crippen molar-refractivity contribution in [2.24, 2.45) is 5.41 Å². The van der Waals surface area contributed by atoms with Crippen LogP contribution >= 0.6 is 15.9 Å². The summed E-state index contributed by atoms with van der Waals surface area (Å²) in [6.45, 7) is 5.40. The van der Waals surface area contributed by atoms with Gasteiger partial charge in [-0.2, -0.15) is 0 Å². The number of carbonyl (C=O) groups is 1. The van der Waals surface area contributed by atoms with Gasteiger partial charge in [0.1, 0.15) is 0 Å². The third kappa shape index (κ3) is 1.97. The summed E-state index contributed by atoms with van der Waals surface area (Å²) in [5.74, 6) is -0.753. The molecule has 0 spiro atoms. The summed E-state index contributed by atoms with van der Waals surface area (Å²) in [4.78, 5) is 10.6. The molecule has 0 saturated carbocycles. The van der Waals surface area contributed by atoms with Crippen molar-refractivity contribution >= 4 is 21.9 Å². The second-order valence-electron chi connectivity index (χ2n) is 2.90. The number of aliphatic carboxylic acids is 1. The molecule has 0 aliphatic heterocycles. The molecular weight excluding hydrogens is 196 g/mol. The van der Waals surface area contributed by atoms with Crippen LogP contribution in [0.3, 0.4) is 0 Å². The molecule has 0 radical (unpaired) electrons. The fourth-order valence-corrected chi connectivity index (χ4v) is 0.840. The number of carboxylic acids is 1. The third-order valence-electron chi connectivity index (χ3n) is 1.69. The molecule has 0 fully saturated rings. The lowest BCUT2D eigenvalue weighted by Crippen LogP contribution is -2.32. The highest BCUT2D eigenvalue weighted by Crippen LogP contribution is 2.29. The molecule has 0 amide bonds. The summed E-state index contributed by atoms with van der Waals surface area (Å²) < 4.78 is 0. The first-order valence-electron chi connectivity index (χ1n) is 3.30. The number of rotatable bonds is 3. The molecule has 0 saturated heterocycles. The minimum Gasteiger partial charge on any atom is -0.481 e. The van der Waals surface area contributed by atoms with Crippen LogP contribution in [0.5, 0.6) is 0 Å². The maximum Gasteiger partial charge on any atom is 0.310 e. The molecule has 1 atom stereocenters. The quantitative estimate of drug-likeness (QED) is 0.724. The van der Waals surface area contributed by atoms with Crippen molar-refractivity contribution in [3.8, 4) is 0 Å². The first kappa shape index (κ1) is 9.95. The van der Waals surface area contributed by atoms with Gasteiger partial charge < -0.3 is 5.11 Å². The van der Waals surface area contributed by atoms with E-state index in [1.54, 1.807) is 13.8 Å². The van der Waals surface area contributed by atoms with Crippen molar-refractivity contribution in [2.45, 2.75) is 32.0 Å². The van der Waals surface area contributed by atoms with Gasteiger partial charge in [-0.1, -0.05) is 22.9 Å². The maximum atomic E-state index is 10.6. The lowest BCUT2D eigenvalue weighted by atomic mass is 9.88. The number of alkyl halides is 1. The summed E-state index contributed by atoms with van der Waals surface area (Å²) in [6, 6.07) is 0. The number of carboxylic acid groups (broad SMARTS) is 1.